The summed E-state index contributed by atoms with van der Waals surface area (Å²) in [6, 6.07) is 12.8. The molecular weight excluding hydrogens is 407 g/mol. The van der Waals surface area contributed by atoms with Crippen molar-refractivity contribution in [3.8, 4) is 5.75 Å². The number of aromatic nitrogens is 4. The Labute approximate surface area is 176 Å². The average Bonchev–Trinajstić information content (AvgIpc) is 3.34. The number of alkyl halides is 3. The number of nitrogens with zero attached hydrogens (tertiary/aromatic N) is 5. The Hall–Kier alpha value is -3.07. The fourth-order valence-corrected chi connectivity index (χ4v) is 4.19. The molecule has 9 heteroatoms. The van der Waals surface area contributed by atoms with Crippen LogP contribution in [0, 0.1) is 0 Å². The zero-order valence-electron chi connectivity index (χ0n) is 16.8. The second-order valence-corrected chi connectivity index (χ2v) is 7.89. The summed E-state index contributed by atoms with van der Waals surface area (Å²) in [4.78, 5) is 2.32. The smallest absolute Gasteiger partial charge is 0.406 e. The molecule has 1 saturated heterocycles. The van der Waals surface area contributed by atoms with Crippen LogP contribution in [0.1, 0.15) is 18.7 Å². The first-order valence-electron chi connectivity index (χ1n) is 10.3. The molecule has 4 heterocycles. The average molecular weight is 429 g/mol. The fourth-order valence-electron chi connectivity index (χ4n) is 4.19. The molecule has 162 valence electrons. The second kappa shape index (κ2) is 7.88. The van der Waals surface area contributed by atoms with Gasteiger partial charge in [0.15, 0.2) is 11.5 Å². The highest BCUT2D eigenvalue weighted by Gasteiger charge is 2.29. The van der Waals surface area contributed by atoms with Gasteiger partial charge in [-0.3, -0.25) is 9.30 Å². The molecule has 0 spiro atoms. The summed E-state index contributed by atoms with van der Waals surface area (Å²) in [5, 5.41) is 9.20. The summed E-state index contributed by atoms with van der Waals surface area (Å²) in [6.07, 6.45) is 0.892. The molecule has 0 amide bonds. The van der Waals surface area contributed by atoms with Crippen molar-refractivity contribution in [2.75, 3.05) is 13.1 Å². The Morgan fingerprint density at radius 1 is 0.968 bits per heavy atom. The van der Waals surface area contributed by atoms with Gasteiger partial charge in [0.25, 0.3) is 0 Å². The molecule has 0 N–H and O–H groups in total. The number of benzene rings is 1. The molecule has 5 rings (SSSR count). The molecule has 0 aliphatic carbocycles. The van der Waals surface area contributed by atoms with Crippen LogP contribution in [0.4, 0.5) is 13.2 Å². The van der Waals surface area contributed by atoms with Gasteiger partial charge in [0.1, 0.15) is 18.4 Å². The van der Waals surface area contributed by atoms with E-state index in [0.717, 1.165) is 37.4 Å². The number of hydrogen-bond donors (Lipinski definition) is 0. The van der Waals surface area contributed by atoms with Gasteiger partial charge < -0.3 is 9.30 Å². The third kappa shape index (κ3) is 4.23. The highest BCUT2D eigenvalue weighted by Crippen LogP contribution is 2.31. The molecule has 0 unspecified atom stereocenters. The van der Waals surface area contributed by atoms with E-state index >= 15 is 0 Å². The summed E-state index contributed by atoms with van der Waals surface area (Å²) in [5.74, 6) is 1.55. The van der Waals surface area contributed by atoms with Gasteiger partial charge in [-0.1, -0.05) is 12.1 Å². The summed E-state index contributed by atoms with van der Waals surface area (Å²) >= 11 is 0. The van der Waals surface area contributed by atoms with E-state index in [-0.39, 0.29) is 6.10 Å². The number of piperidine rings is 1. The topological polar surface area (TPSA) is 47.6 Å². The molecule has 0 bridgehead atoms. The lowest BCUT2D eigenvalue weighted by molar-refractivity contribution is -0.139. The minimum atomic E-state index is -4.26. The molecule has 1 aromatic carbocycles. The lowest BCUT2D eigenvalue weighted by atomic mass is 10.1. The van der Waals surface area contributed by atoms with Gasteiger partial charge >= 0.3 is 6.18 Å². The van der Waals surface area contributed by atoms with Gasteiger partial charge in [-0.05, 0) is 43.2 Å². The molecule has 0 saturated carbocycles. The van der Waals surface area contributed by atoms with E-state index in [4.69, 9.17) is 4.74 Å². The highest BCUT2D eigenvalue weighted by atomic mass is 19.4. The van der Waals surface area contributed by atoms with Crippen LogP contribution in [0.2, 0.25) is 0 Å². The Kier molecular flexibility index (Phi) is 5.05. The maximum atomic E-state index is 12.8. The van der Waals surface area contributed by atoms with E-state index in [1.54, 1.807) is 18.2 Å². The summed E-state index contributed by atoms with van der Waals surface area (Å²) in [7, 11) is 0. The first-order chi connectivity index (χ1) is 15.0. The predicted molar refractivity (Wildman–Crippen MR) is 110 cm³/mol. The number of ether oxygens (including phenoxy) is 1. The molecule has 0 atom stereocenters. The monoisotopic (exact) mass is 429 g/mol. The maximum Gasteiger partial charge on any atom is 0.406 e. The van der Waals surface area contributed by atoms with Crippen LogP contribution in [-0.2, 0) is 13.1 Å². The van der Waals surface area contributed by atoms with Crippen LogP contribution in [0.5, 0.6) is 5.75 Å². The molecule has 3 aromatic heterocycles. The van der Waals surface area contributed by atoms with E-state index < -0.39 is 12.7 Å². The van der Waals surface area contributed by atoms with E-state index in [0.29, 0.717) is 23.2 Å². The van der Waals surface area contributed by atoms with Crippen molar-refractivity contribution in [3.63, 3.8) is 0 Å². The van der Waals surface area contributed by atoms with Gasteiger partial charge in [-0.25, -0.2) is 0 Å². The van der Waals surface area contributed by atoms with Gasteiger partial charge in [-0.15, -0.1) is 10.2 Å². The van der Waals surface area contributed by atoms with Crippen LogP contribution in [0.3, 0.4) is 0 Å². The number of halogens is 3. The Morgan fingerprint density at radius 2 is 1.81 bits per heavy atom. The Morgan fingerprint density at radius 3 is 2.61 bits per heavy atom. The summed E-state index contributed by atoms with van der Waals surface area (Å²) < 4.78 is 47.9. The van der Waals surface area contributed by atoms with E-state index in [9.17, 15) is 13.2 Å². The SMILES string of the molecule is FC(F)(F)Cn1ccc2c(OC3CCN(Cc4nnc5ccccn45)CC3)cccc21. The van der Waals surface area contributed by atoms with E-state index in [1.165, 1.54) is 10.8 Å². The molecular formula is C22H22F3N5O. The van der Waals surface area contributed by atoms with Crippen LogP contribution >= 0.6 is 0 Å². The lowest BCUT2D eigenvalue weighted by Gasteiger charge is -2.31. The predicted octanol–water partition coefficient (Wildman–Crippen LogP) is 4.29. The zero-order chi connectivity index (χ0) is 21.4. The first-order valence-corrected chi connectivity index (χ1v) is 10.3. The quantitative estimate of drug-likeness (QED) is 0.475. The normalized spacial score (nSPS) is 16.4. The highest BCUT2D eigenvalue weighted by molar-refractivity contribution is 5.86. The van der Waals surface area contributed by atoms with Crippen molar-refractivity contribution in [2.45, 2.75) is 38.2 Å². The number of fused-ring (bicyclic) bond motifs is 2. The summed E-state index contributed by atoms with van der Waals surface area (Å²) in [6.45, 7) is 1.43. The van der Waals surface area contributed by atoms with Gasteiger partial charge in [0.2, 0.25) is 0 Å². The Balaban J connectivity index is 1.23. The minimum absolute atomic E-state index is 0.0305. The molecule has 6 nitrogen and oxygen atoms in total. The van der Waals surface area contributed by atoms with Crippen LogP contribution in [-0.4, -0.2) is 49.4 Å². The third-order valence-corrected chi connectivity index (χ3v) is 5.70. The second-order valence-electron chi connectivity index (χ2n) is 7.89. The molecule has 4 aromatic rings. The molecule has 0 radical (unpaired) electrons. The number of rotatable bonds is 5. The van der Waals surface area contributed by atoms with Crippen molar-refractivity contribution in [1.82, 2.24) is 24.1 Å². The Bertz CT molecular complexity index is 1190. The van der Waals surface area contributed by atoms with Crippen molar-refractivity contribution < 1.29 is 17.9 Å². The minimum Gasteiger partial charge on any atom is -0.490 e. The zero-order valence-corrected chi connectivity index (χ0v) is 16.8. The van der Waals surface area contributed by atoms with Gasteiger partial charge in [0, 0.05) is 30.9 Å². The van der Waals surface area contributed by atoms with Crippen LogP contribution < -0.4 is 4.74 Å². The van der Waals surface area contributed by atoms with Crippen molar-refractivity contribution in [3.05, 3.63) is 60.7 Å². The molecule has 1 aliphatic heterocycles. The largest absolute Gasteiger partial charge is 0.490 e. The van der Waals surface area contributed by atoms with Crippen molar-refractivity contribution in [1.29, 1.82) is 0 Å². The lowest BCUT2D eigenvalue weighted by Crippen LogP contribution is -2.38. The van der Waals surface area contributed by atoms with Gasteiger partial charge in [0.05, 0.1) is 12.1 Å². The van der Waals surface area contributed by atoms with E-state index in [2.05, 4.69) is 15.1 Å². The molecule has 31 heavy (non-hydrogen) atoms. The maximum absolute atomic E-state index is 12.8. The van der Waals surface area contributed by atoms with Crippen molar-refractivity contribution in [2.24, 2.45) is 0 Å². The fraction of sp³-hybridized carbons (Fsp3) is 0.364. The van der Waals surface area contributed by atoms with Gasteiger partial charge in [-0.2, -0.15) is 13.2 Å². The summed E-state index contributed by atoms with van der Waals surface area (Å²) in [5.41, 5.74) is 1.37. The van der Waals surface area contributed by atoms with Crippen LogP contribution in [0.15, 0.2) is 54.9 Å². The number of pyridine rings is 1. The van der Waals surface area contributed by atoms with Crippen molar-refractivity contribution >= 4 is 16.6 Å². The number of hydrogen-bond acceptors (Lipinski definition) is 4. The van der Waals surface area contributed by atoms with E-state index in [1.807, 2.05) is 34.9 Å². The number of likely N-dealkylation sites (tertiary alicyclic amines) is 1. The van der Waals surface area contributed by atoms with Crippen LogP contribution in [0.25, 0.3) is 16.6 Å². The molecule has 1 fully saturated rings. The standard InChI is InChI=1S/C22H22F3N5O/c23-22(24,25)15-29-13-9-17-18(29)4-3-5-19(17)31-16-7-11-28(12-8-16)14-21-27-26-20-6-1-2-10-30(20)21/h1-6,9-10,13,16H,7-8,11-12,14-15H2. The third-order valence-electron chi connectivity index (χ3n) is 5.70. The first kappa shape index (κ1) is 19.9. The molecule has 1 aliphatic rings.